The molecule has 0 aliphatic rings. The maximum atomic E-state index is 6.17. The summed E-state index contributed by atoms with van der Waals surface area (Å²) in [6, 6.07) is 5.46. The Morgan fingerprint density at radius 3 is 2.65 bits per heavy atom. The summed E-state index contributed by atoms with van der Waals surface area (Å²) in [5.74, 6) is 1.58. The molecule has 2 aromatic rings. The van der Waals surface area contributed by atoms with E-state index in [1.165, 1.54) is 13.4 Å². The standard InChI is InChI=1S/C13H13Cl2N3O2/c1-19-10-5-3-4-9(14)8(10)6-16-13-11(20-2)12(15)17-7-18-13/h3-5,7H,6H2,1-2H3,(H,16,17,18). The molecule has 1 heterocycles. The third-order valence-corrected chi connectivity index (χ3v) is 3.32. The van der Waals surface area contributed by atoms with Gasteiger partial charge in [-0.15, -0.1) is 0 Å². The molecule has 2 rings (SSSR count). The van der Waals surface area contributed by atoms with Crippen molar-refractivity contribution in [3.05, 3.63) is 40.3 Å². The minimum absolute atomic E-state index is 0.246. The Morgan fingerprint density at radius 1 is 1.15 bits per heavy atom. The molecule has 0 atom stereocenters. The van der Waals surface area contributed by atoms with Crippen molar-refractivity contribution in [3.63, 3.8) is 0 Å². The van der Waals surface area contributed by atoms with Crippen LogP contribution in [-0.4, -0.2) is 24.2 Å². The van der Waals surface area contributed by atoms with Crippen LogP contribution in [0.1, 0.15) is 5.56 Å². The van der Waals surface area contributed by atoms with Crippen LogP contribution in [0.3, 0.4) is 0 Å². The van der Waals surface area contributed by atoms with Crippen molar-refractivity contribution in [2.24, 2.45) is 0 Å². The Labute approximate surface area is 126 Å². The first-order valence-corrected chi connectivity index (χ1v) is 6.52. The highest BCUT2D eigenvalue weighted by Crippen LogP contribution is 2.31. The van der Waals surface area contributed by atoms with Crippen molar-refractivity contribution < 1.29 is 9.47 Å². The molecule has 0 amide bonds. The van der Waals surface area contributed by atoms with Gasteiger partial charge in [-0.25, -0.2) is 9.97 Å². The van der Waals surface area contributed by atoms with E-state index >= 15 is 0 Å². The van der Waals surface area contributed by atoms with Gasteiger partial charge in [-0.05, 0) is 12.1 Å². The monoisotopic (exact) mass is 313 g/mol. The van der Waals surface area contributed by atoms with Crippen LogP contribution in [0, 0.1) is 0 Å². The lowest BCUT2D eigenvalue weighted by atomic mass is 10.2. The molecule has 0 saturated heterocycles. The molecular formula is C13H13Cl2N3O2. The molecule has 1 aromatic heterocycles. The summed E-state index contributed by atoms with van der Waals surface area (Å²) in [5, 5.41) is 3.97. The number of rotatable bonds is 5. The van der Waals surface area contributed by atoms with Crippen molar-refractivity contribution >= 4 is 29.0 Å². The molecule has 106 valence electrons. The molecule has 0 bridgehead atoms. The topological polar surface area (TPSA) is 56.3 Å². The van der Waals surface area contributed by atoms with E-state index in [2.05, 4.69) is 15.3 Å². The molecule has 5 nitrogen and oxygen atoms in total. The van der Waals surface area contributed by atoms with Crippen LogP contribution in [0.2, 0.25) is 10.2 Å². The number of aromatic nitrogens is 2. The normalized spacial score (nSPS) is 10.2. The van der Waals surface area contributed by atoms with Crippen LogP contribution in [0.4, 0.5) is 5.82 Å². The lowest BCUT2D eigenvalue weighted by Crippen LogP contribution is -2.06. The number of halogens is 2. The van der Waals surface area contributed by atoms with Gasteiger partial charge < -0.3 is 14.8 Å². The smallest absolute Gasteiger partial charge is 0.198 e. The molecule has 0 fully saturated rings. The van der Waals surface area contributed by atoms with E-state index in [0.29, 0.717) is 28.9 Å². The molecule has 0 aliphatic carbocycles. The van der Waals surface area contributed by atoms with Gasteiger partial charge in [0.1, 0.15) is 12.1 Å². The molecule has 0 radical (unpaired) electrons. The third kappa shape index (κ3) is 3.05. The maximum absolute atomic E-state index is 6.17. The molecule has 20 heavy (non-hydrogen) atoms. The van der Waals surface area contributed by atoms with Gasteiger partial charge in [0, 0.05) is 17.1 Å². The first kappa shape index (κ1) is 14.7. The van der Waals surface area contributed by atoms with Gasteiger partial charge in [0.05, 0.1) is 14.2 Å². The molecule has 0 unspecified atom stereocenters. The van der Waals surface area contributed by atoms with Crippen molar-refractivity contribution in [1.82, 2.24) is 9.97 Å². The third-order valence-electron chi connectivity index (χ3n) is 2.69. The first-order chi connectivity index (χ1) is 9.67. The van der Waals surface area contributed by atoms with E-state index in [0.717, 1.165) is 5.56 Å². The number of ether oxygens (including phenoxy) is 2. The van der Waals surface area contributed by atoms with Crippen LogP contribution in [0.15, 0.2) is 24.5 Å². The second-order valence-corrected chi connectivity index (χ2v) is 4.59. The summed E-state index contributed by atoms with van der Waals surface area (Å²) in [5.41, 5.74) is 0.827. The van der Waals surface area contributed by atoms with Gasteiger partial charge in [0.2, 0.25) is 0 Å². The van der Waals surface area contributed by atoms with Crippen molar-refractivity contribution in [3.8, 4) is 11.5 Å². The predicted molar refractivity (Wildman–Crippen MR) is 78.9 cm³/mol. The Morgan fingerprint density at radius 2 is 1.95 bits per heavy atom. The zero-order valence-electron chi connectivity index (χ0n) is 11.0. The van der Waals surface area contributed by atoms with E-state index in [4.69, 9.17) is 32.7 Å². The van der Waals surface area contributed by atoms with E-state index in [9.17, 15) is 0 Å². The number of nitrogens with zero attached hydrogens (tertiary/aromatic N) is 2. The molecule has 1 aromatic carbocycles. The highest BCUT2D eigenvalue weighted by atomic mass is 35.5. The fourth-order valence-electron chi connectivity index (χ4n) is 1.73. The van der Waals surface area contributed by atoms with E-state index in [1.54, 1.807) is 13.2 Å². The fraction of sp³-hybridized carbons (Fsp3) is 0.231. The first-order valence-electron chi connectivity index (χ1n) is 5.77. The zero-order chi connectivity index (χ0) is 14.5. The van der Waals surface area contributed by atoms with Gasteiger partial charge >= 0.3 is 0 Å². The van der Waals surface area contributed by atoms with Gasteiger partial charge in [-0.1, -0.05) is 29.3 Å². The van der Waals surface area contributed by atoms with E-state index in [1.807, 2.05) is 12.1 Å². The quantitative estimate of drug-likeness (QED) is 0.857. The molecule has 0 spiro atoms. The fourth-order valence-corrected chi connectivity index (χ4v) is 2.18. The van der Waals surface area contributed by atoms with Gasteiger partial charge in [-0.2, -0.15) is 0 Å². The Kier molecular flexibility index (Phi) is 4.87. The number of hydrogen-bond acceptors (Lipinski definition) is 5. The second-order valence-electron chi connectivity index (χ2n) is 3.82. The highest BCUT2D eigenvalue weighted by molar-refractivity contribution is 6.31. The van der Waals surface area contributed by atoms with Crippen LogP contribution in [0.25, 0.3) is 0 Å². The Hall–Kier alpha value is -1.72. The molecule has 1 N–H and O–H groups in total. The van der Waals surface area contributed by atoms with Crippen LogP contribution in [-0.2, 0) is 6.54 Å². The largest absolute Gasteiger partial charge is 0.496 e. The average Bonchev–Trinajstić information content (AvgIpc) is 2.45. The summed E-state index contributed by atoms with van der Waals surface area (Å²) in [6.07, 6.45) is 1.36. The molecular weight excluding hydrogens is 301 g/mol. The number of benzene rings is 1. The number of hydrogen-bond donors (Lipinski definition) is 1. The summed E-state index contributed by atoms with van der Waals surface area (Å²) >= 11 is 12.1. The van der Waals surface area contributed by atoms with Crippen LogP contribution < -0.4 is 14.8 Å². The Bertz CT molecular complexity index is 608. The van der Waals surface area contributed by atoms with Crippen LogP contribution in [0.5, 0.6) is 11.5 Å². The Balaban J connectivity index is 2.23. The van der Waals surface area contributed by atoms with Gasteiger partial charge in [0.25, 0.3) is 0 Å². The minimum Gasteiger partial charge on any atom is -0.496 e. The van der Waals surface area contributed by atoms with E-state index < -0.39 is 0 Å². The number of nitrogens with one attached hydrogen (secondary N) is 1. The number of methoxy groups -OCH3 is 2. The predicted octanol–water partition coefficient (Wildman–Crippen LogP) is 3.41. The van der Waals surface area contributed by atoms with Gasteiger partial charge in [-0.3, -0.25) is 0 Å². The summed E-state index contributed by atoms with van der Waals surface area (Å²) in [7, 11) is 3.10. The minimum atomic E-state index is 0.246. The van der Waals surface area contributed by atoms with Crippen LogP contribution >= 0.6 is 23.2 Å². The SMILES string of the molecule is COc1cccc(Cl)c1CNc1ncnc(Cl)c1OC. The molecule has 7 heteroatoms. The summed E-state index contributed by atoms with van der Waals surface area (Å²) in [4.78, 5) is 7.95. The zero-order valence-corrected chi connectivity index (χ0v) is 12.5. The van der Waals surface area contributed by atoms with Gasteiger partial charge in [0.15, 0.2) is 16.7 Å². The van der Waals surface area contributed by atoms with Crippen molar-refractivity contribution in [2.45, 2.75) is 6.54 Å². The lowest BCUT2D eigenvalue weighted by Gasteiger charge is -2.13. The van der Waals surface area contributed by atoms with Crippen molar-refractivity contribution in [1.29, 1.82) is 0 Å². The number of anilines is 1. The lowest BCUT2D eigenvalue weighted by molar-refractivity contribution is 0.409. The highest BCUT2D eigenvalue weighted by Gasteiger charge is 2.12. The summed E-state index contributed by atoms with van der Waals surface area (Å²) in [6.45, 7) is 0.423. The molecule has 0 aliphatic heterocycles. The van der Waals surface area contributed by atoms with E-state index in [-0.39, 0.29) is 5.15 Å². The van der Waals surface area contributed by atoms with Crippen molar-refractivity contribution in [2.75, 3.05) is 19.5 Å². The maximum Gasteiger partial charge on any atom is 0.198 e. The molecule has 0 saturated carbocycles. The summed E-state index contributed by atoms with van der Waals surface area (Å²) < 4.78 is 10.4. The average molecular weight is 314 g/mol. The second kappa shape index (κ2) is 6.63.